The average molecular weight is 381 g/mol. The summed E-state index contributed by atoms with van der Waals surface area (Å²) in [5.74, 6) is 1.95. The molecule has 23 heavy (non-hydrogen) atoms. The summed E-state index contributed by atoms with van der Waals surface area (Å²) in [6, 6.07) is 5.81. The molecule has 2 N–H and O–H groups in total. The number of halogens is 1. The monoisotopic (exact) mass is 380 g/mol. The first-order valence-corrected chi connectivity index (χ1v) is 8.96. The van der Waals surface area contributed by atoms with Gasteiger partial charge in [-0.05, 0) is 47.9 Å². The van der Waals surface area contributed by atoms with Crippen molar-refractivity contribution in [3.8, 4) is 5.75 Å². The molecule has 2 atom stereocenters. The Labute approximate surface area is 149 Å². The lowest BCUT2D eigenvalue weighted by atomic mass is 9.87. The van der Waals surface area contributed by atoms with Crippen LogP contribution in [0.5, 0.6) is 5.75 Å². The minimum absolute atomic E-state index is 0.334. The summed E-state index contributed by atoms with van der Waals surface area (Å²) in [4.78, 5) is 0. The molecule has 0 saturated carbocycles. The normalized spacial score (nSPS) is 23.5. The van der Waals surface area contributed by atoms with E-state index in [-0.39, 0.29) is 4.32 Å². The molecule has 2 nitrogen and oxygen atoms in total. The van der Waals surface area contributed by atoms with Crippen molar-refractivity contribution < 1.29 is 10.2 Å². The first kappa shape index (κ1) is 19.8. The fraction of sp³-hybridized carbons (Fsp3) is 0.500. The van der Waals surface area contributed by atoms with Gasteiger partial charge in [0, 0.05) is 0 Å². The molecule has 0 fully saturated rings. The lowest BCUT2D eigenvalue weighted by Crippen LogP contribution is -2.30. The zero-order valence-corrected chi connectivity index (χ0v) is 16.6. The molecular weight excluding hydrogens is 352 g/mol. The van der Waals surface area contributed by atoms with Crippen molar-refractivity contribution >= 4 is 15.9 Å². The third-order valence-electron chi connectivity index (χ3n) is 4.10. The maximum atomic E-state index is 9.73. The van der Waals surface area contributed by atoms with Crippen LogP contribution in [0.15, 0.2) is 42.2 Å². The molecule has 0 spiro atoms. The fourth-order valence-corrected chi connectivity index (χ4v) is 2.72. The van der Waals surface area contributed by atoms with Crippen LogP contribution in [-0.4, -0.2) is 14.5 Å². The summed E-state index contributed by atoms with van der Waals surface area (Å²) in [5, 5.41) is 19.2. The Morgan fingerprint density at radius 2 is 1.74 bits per heavy atom. The van der Waals surface area contributed by atoms with Crippen LogP contribution in [-0.2, 0) is 0 Å². The van der Waals surface area contributed by atoms with Gasteiger partial charge in [0.1, 0.15) is 15.8 Å². The number of hydrogen-bond acceptors (Lipinski definition) is 2. The molecule has 0 amide bonds. The number of aromatic hydroxyl groups is 1. The van der Waals surface area contributed by atoms with Gasteiger partial charge in [-0.15, -0.1) is 0 Å². The summed E-state index contributed by atoms with van der Waals surface area (Å²) in [6.07, 6.45) is 6.03. The molecule has 0 bridgehead atoms. The van der Waals surface area contributed by atoms with Crippen LogP contribution in [0.25, 0.3) is 0 Å². The number of benzene rings is 1. The number of aliphatic hydroxyl groups is 1. The Morgan fingerprint density at radius 1 is 1.13 bits per heavy atom. The second kappa shape index (κ2) is 8.05. The van der Waals surface area contributed by atoms with Crippen LogP contribution in [0.3, 0.4) is 0 Å². The SMILES string of the molecule is CC1C=CC(Br)(C(C)C)C(O)=C1.Cc1ccc(C(C)C)c(O)c1. The number of allylic oxidation sites excluding steroid dienone is 3. The quantitative estimate of drug-likeness (QED) is 0.470. The van der Waals surface area contributed by atoms with E-state index in [0.29, 0.717) is 29.3 Å². The van der Waals surface area contributed by atoms with E-state index in [1.807, 2.05) is 31.2 Å². The molecule has 2 unspecified atom stereocenters. The van der Waals surface area contributed by atoms with E-state index in [2.05, 4.69) is 56.6 Å². The van der Waals surface area contributed by atoms with E-state index < -0.39 is 0 Å². The van der Waals surface area contributed by atoms with E-state index >= 15 is 0 Å². The van der Waals surface area contributed by atoms with Gasteiger partial charge in [0.25, 0.3) is 0 Å². The lowest BCUT2D eigenvalue weighted by Gasteiger charge is -2.31. The Bertz CT molecular complexity index is 587. The highest BCUT2D eigenvalue weighted by atomic mass is 79.9. The van der Waals surface area contributed by atoms with E-state index in [1.165, 1.54) is 0 Å². The number of aliphatic hydroxyl groups excluding tert-OH is 1. The van der Waals surface area contributed by atoms with Crippen LogP contribution in [0, 0.1) is 18.8 Å². The lowest BCUT2D eigenvalue weighted by molar-refractivity contribution is 0.333. The summed E-state index contributed by atoms with van der Waals surface area (Å²) < 4.78 is -0.334. The predicted octanol–water partition coefficient (Wildman–Crippen LogP) is 6.25. The van der Waals surface area contributed by atoms with E-state index in [4.69, 9.17) is 0 Å². The second-order valence-electron chi connectivity index (χ2n) is 6.91. The Balaban J connectivity index is 0.000000231. The standard InChI is InChI=1S/C10H15BrO.C10H14O/c1-7(2)10(11)5-4-8(3)6-9(10)12;1-7(2)9-5-4-8(3)6-10(9)11/h4-8,12H,1-3H3;4-7,11H,1-3H3. The summed E-state index contributed by atoms with van der Waals surface area (Å²) in [5.41, 5.74) is 2.13. The third-order valence-corrected chi connectivity index (χ3v) is 5.69. The highest BCUT2D eigenvalue weighted by Crippen LogP contribution is 2.38. The fourth-order valence-electron chi connectivity index (χ4n) is 2.44. The number of rotatable bonds is 2. The first-order chi connectivity index (χ1) is 10.6. The molecule has 2 rings (SSSR count). The summed E-state index contributed by atoms with van der Waals surface area (Å²) in [7, 11) is 0. The molecule has 1 aromatic rings. The second-order valence-corrected chi connectivity index (χ2v) is 8.22. The summed E-state index contributed by atoms with van der Waals surface area (Å²) in [6.45, 7) is 12.3. The Hall–Kier alpha value is -1.22. The molecule has 1 aliphatic rings. The molecule has 0 saturated heterocycles. The van der Waals surface area contributed by atoms with Crippen molar-refractivity contribution in [1.29, 1.82) is 0 Å². The first-order valence-electron chi connectivity index (χ1n) is 8.17. The van der Waals surface area contributed by atoms with E-state index in [9.17, 15) is 10.2 Å². The van der Waals surface area contributed by atoms with Gasteiger partial charge in [-0.1, -0.05) is 74.8 Å². The largest absolute Gasteiger partial charge is 0.511 e. The maximum Gasteiger partial charge on any atom is 0.119 e. The predicted molar refractivity (Wildman–Crippen MR) is 102 cm³/mol. The van der Waals surface area contributed by atoms with Gasteiger partial charge < -0.3 is 10.2 Å². The van der Waals surface area contributed by atoms with Gasteiger partial charge in [-0.3, -0.25) is 0 Å². The minimum Gasteiger partial charge on any atom is -0.511 e. The van der Waals surface area contributed by atoms with Crippen LogP contribution in [0.2, 0.25) is 0 Å². The minimum atomic E-state index is -0.334. The number of alkyl halides is 1. The molecular formula is C20H29BrO2. The van der Waals surface area contributed by atoms with Crippen molar-refractivity contribution in [2.24, 2.45) is 11.8 Å². The Morgan fingerprint density at radius 3 is 2.17 bits per heavy atom. The van der Waals surface area contributed by atoms with Crippen molar-refractivity contribution in [3.63, 3.8) is 0 Å². The van der Waals surface area contributed by atoms with Gasteiger partial charge in [0.05, 0.1) is 0 Å². The number of phenols is 1. The van der Waals surface area contributed by atoms with Gasteiger partial charge in [0.2, 0.25) is 0 Å². The average Bonchev–Trinajstić information content (AvgIpc) is 2.43. The summed E-state index contributed by atoms with van der Waals surface area (Å²) >= 11 is 3.55. The highest BCUT2D eigenvalue weighted by molar-refractivity contribution is 9.10. The van der Waals surface area contributed by atoms with Crippen molar-refractivity contribution in [2.75, 3.05) is 0 Å². The molecule has 0 aliphatic heterocycles. The molecule has 128 valence electrons. The molecule has 1 aromatic carbocycles. The van der Waals surface area contributed by atoms with Crippen LogP contribution in [0.1, 0.15) is 51.7 Å². The van der Waals surface area contributed by atoms with Crippen LogP contribution < -0.4 is 0 Å². The highest BCUT2D eigenvalue weighted by Gasteiger charge is 2.34. The topological polar surface area (TPSA) is 40.5 Å². The molecule has 0 radical (unpaired) electrons. The molecule has 3 heteroatoms. The van der Waals surface area contributed by atoms with Crippen LogP contribution >= 0.6 is 15.9 Å². The third kappa shape index (κ3) is 5.13. The molecule has 0 aromatic heterocycles. The molecule has 1 aliphatic carbocycles. The number of hydrogen-bond donors (Lipinski definition) is 2. The van der Waals surface area contributed by atoms with Crippen molar-refractivity contribution in [3.05, 3.63) is 53.3 Å². The zero-order chi connectivity index (χ0) is 17.8. The van der Waals surface area contributed by atoms with Gasteiger partial charge in [-0.25, -0.2) is 0 Å². The van der Waals surface area contributed by atoms with E-state index in [1.54, 1.807) is 6.07 Å². The van der Waals surface area contributed by atoms with E-state index in [0.717, 1.165) is 11.1 Å². The van der Waals surface area contributed by atoms with Gasteiger partial charge >= 0.3 is 0 Å². The van der Waals surface area contributed by atoms with Gasteiger partial charge in [0.15, 0.2) is 0 Å². The number of aryl methyl sites for hydroxylation is 1. The number of phenolic OH excluding ortho intramolecular Hbond substituents is 1. The zero-order valence-electron chi connectivity index (χ0n) is 15.0. The Kier molecular flexibility index (Phi) is 6.94. The smallest absolute Gasteiger partial charge is 0.119 e. The van der Waals surface area contributed by atoms with Crippen molar-refractivity contribution in [2.45, 2.75) is 51.8 Å². The molecule has 0 heterocycles. The maximum absolute atomic E-state index is 9.73. The van der Waals surface area contributed by atoms with Gasteiger partial charge in [-0.2, -0.15) is 0 Å². The van der Waals surface area contributed by atoms with Crippen molar-refractivity contribution in [1.82, 2.24) is 0 Å². The van der Waals surface area contributed by atoms with Crippen LogP contribution in [0.4, 0.5) is 0 Å².